The van der Waals surface area contributed by atoms with Gasteiger partial charge in [-0.15, -0.1) is 0 Å². The topological polar surface area (TPSA) is 12.0 Å². The molecule has 0 amide bonds. The van der Waals surface area contributed by atoms with Crippen LogP contribution in [0.2, 0.25) is 0 Å². The van der Waals surface area contributed by atoms with Crippen molar-refractivity contribution in [2.45, 2.75) is 51.5 Å². The highest BCUT2D eigenvalue weighted by Crippen LogP contribution is 2.29. The summed E-state index contributed by atoms with van der Waals surface area (Å²) in [6.45, 7) is 3.11. The predicted molar refractivity (Wildman–Crippen MR) is 74.1 cm³/mol. The van der Waals surface area contributed by atoms with Crippen LogP contribution in [0.3, 0.4) is 0 Å². The maximum atomic E-state index is 13.2. The second-order valence-electron chi connectivity index (χ2n) is 5.59. The minimum atomic E-state index is -0.476. The van der Waals surface area contributed by atoms with Gasteiger partial charge in [-0.2, -0.15) is 0 Å². The SMILES string of the molecule is CCCNC(Cc1cc(F)cc(F)c1)C1CCCC1. The molecule has 0 saturated heterocycles. The normalized spacial score (nSPS) is 17.8. The van der Waals surface area contributed by atoms with Gasteiger partial charge in [0.15, 0.2) is 0 Å². The number of hydrogen-bond donors (Lipinski definition) is 1. The summed E-state index contributed by atoms with van der Waals surface area (Å²) in [6.07, 6.45) is 6.84. The van der Waals surface area contributed by atoms with E-state index in [0.717, 1.165) is 31.0 Å². The van der Waals surface area contributed by atoms with Crippen molar-refractivity contribution >= 4 is 0 Å². The van der Waals surface area contributed by atoms with Crippen LogP contribution in [0.25, 0.3) is 0 Å². The standard InChI is InChI=1S/C16H23F2N/c1-2-7-19-16(13-5-3-4-6-13)10-12-8-14(17)11-15(18)9-12/h8-9,11,13,16,19H,2-7,10H2,1H3. The van der Waals surface area contributed by atoms with Crippen molar-refractivity contribution in [1.82, 2.24) is 5.32 Å². The van der Waals surface area contributed by atoms with Gasteiger partial charge < -0.3 is 5.32 Å². The van der Waals surface area contributed by atoms with Gasteiger partial charge in [-0.3, -0.25) is 0 Å². The Labute approximate surface area is 114 Å². The Bertz CT molecular complexity index is 379. The highest BCUT2D eigenvalue weighted by molar-refractivity contribution is 5.19. The average molecular weight is 267 g/mol. The summed E-state index contributed by atoms with van der Waals surface area (Å²) < 4.78 is 26.5. The van der Waals surface area contributed by atoms with Crippen molar-refractivity contribution in [3.8, 4) is 0 Å². The molecular formula is C16H23F2N. The van der Waals surface area contributed by atoms with Crippen LogP contribution in [-0.2, 0) is 6.42 Å². The lowest BCUT2D eigenvalue weighted by Crippen LogP contribution is -2.37. The molecule has 1 unspecified atom stereocenters. The lowest BCUT2D eigenvalue weighted by Gasteiger charge is -2.25. The third kappa shape index (κ3) is 4.27. The van der Waals surface area contributed by atoms with Crippen molar-refractivity contribution in [3.05, 3.63) is 35.4 Å². The first-order chi connectivity index (χ1) is 9.19. The molecule has 2 rings (SSSR count). The summed E-state index contributed by atoms with van der Waals surface area (Å²) in [5, 5.41) is 3.55. The van der Waals surface area contributed by atoms with Crippen molar-refractivity contribution in [1.29, 1.82) is 0 Å². The Morgan fingerprint density at radius 2 is 1.79 bits per heavy atom. The van der Waals surface area contributed by atoms with Gasteiger partial charge in [-0.25, -0.2) is 8.78 Å². The number of halogens is 2. The smallest absolute Gasteiger partial charge is 0.126 e. The maximum absolute atomic E-state index is 13.2. The van der Waals surface area contributed by atoms with Crippen molar-refractivity contribution in [2.24, 2.45) is 5.92 Å². The van der Waals surface area contributed by atoms with E-state index in [2.05, 4.69) is 12.2 Å². The number of rotatable bonds is 6. The molecule has 1 N–H and O–H groups in total. The van der Waals surface area contributed by atoms with Crippen LogP contribution in [-0.4, -0.2) is 12.6 Å². The Balaban J connectivity index is 2.05. The van der Waals surface area contributed by atoms with Crippen LogP contribution >= 0.6 is 0 Å². The van der Waals surface area contributed by atoms with Gasteiger partial charge in [-0.05, 0) is 55.8 Å². The molecule has 0 heterocycles. The lowest BCUT2D eigenvalue weighted by atomic mass is 9.92. The van der Waals surface area contributed by atoms with E-state index in [1.807, 2.05) is 0 Å². The Hall–Kier alpha value is -0.960. The van der Waals surface area contributed by atoms with E-state index >= 15 is 0 Å². The van der Waals surface area contributed by atoms with Crippen LogP contribution < -0.4 is 5.32 Å². The van der Waals surface area contributed by atoms with Gasteiger partial charge in [0, 0.05) is 12.1 Å². The van der Waals surface area contributed by atoms with Crippen molar-refractivity contribution in [3.63, 3.8) is 0 Å². The summed E-state index contributed by atoms with van der Waals surface area (Å²) in [7, 11) is 0. The van der Waals surface area contributed by atoms with Crippen molar-refractivity contribution < 1.29 is 8.78 Å². The zero-order valence-corrected chi connectivity index (χ0v) is 11.6. The molecule has 0 aliphatic heterocycles. The van der Waals surface area contributed by atoms with E-state index in [-0.39, 0.29) is 0 Å². The van der Waals surface area contributed by atoms with E-state index in [1.54, 1.807) is 0 Å². The molecule has 1 aliphatic rings. The van der Waals surface area contributed by atoms with Gasteiger partial charge in [0.2, 0.25) is 0 Å². The molecule has 1 saturated carbocycles. The first-order valence-electron chi connectivity index (χ1n) is 7.37. The molecule has 19 heavy (non-hydrogen) atoms. The fourth-order valence-corrected chi connectivity index (χ4v) is 3.08. The minimum Gasteiger partial charge on any atom is -0.313 e. The first kappa shape index (κ1) is 14.4. The second-order valence-corrected chi connectivity index (χ2v) is 5.59. The van der Waals surface area contributed by atoms with Gasteiger partial charge in [0.05, 0.1) is 0 Å². The molecular weight excluding hydrogens is 244 g/mol. The molecule has 1 atom stereocenters. The van der Waals surface area contributed by atoms with Crippen LogP contribution in [0.4, 0.5) is 8.78 Å². The fraction of sp³-hybridized carbons (Fsp3) is 0.625. The van der Waals surface area contributed by atoms with E-state index in [9.17, 15) is 8.78 Å². The molecule has 1 fully saturated rings. The average Bonchev–Trinajstić information content (AvgIpc) is 2.87. The van der Waals surface area contributed by atoms with Crippen LogP contribution in [0, 0.1) is 17.6 Å². The summed E-state index contributed by atoms with van der Waals surface area (Å²) in [5.41, 5.74) is 0.762. The molecule has 106 valence electrons. The maximum Gasteiger partial charge on any atom is 0.126 e. The molecule has 0 radical (unpaired) electrons. The summed E-state index contributed by atoms with van der Waals surface area (Å²) in [6, 6.07) is 4.20. The molecule has 0 bridgehead atoms. The monoisotopic (exact) mass is 267 g/mol. The zero-order chi connectivity index (χ0) is 13.7. The highest BCUT2D eigenvalue weighted by Gasteiger charge is 2.24. The summed E-state index contributed by atoms with van der Waals surface area (Å²) in [5.74, 6) is -0.302. The van der Waals surface area contributed by atoms with E-state index in [0.29, 0.717) is 12.0 Å². The van der Waals surface area contributed by atoms with Gasteiger partial charge in [-0.1, -0.05) is 19.8 Å². The van der Waals surface area contributed by atoms with Crippen LogP contribution in [0.5, 0.6) is 0 Å². The predicted octanol–water partition coefficient (Wildman–Crippen LogP) is 4.07. The third-order valence-electron chi connectivity index (χ3n) is 4.00. The first-order valence-corrected chi connectivity index (χ1v) is 7.37. The molecule has 3 heteroatoms. The zero-order valence-electron chi connectivity index (χ0n) is 11.6. The summed E-state index contributed by atoms with van der Waals surface area (Å²) >= 11 is 0. The molecule has 1 aromatic rings. The second kappa shape index (κ2) is 6.99. The molecule has 1 aromatic carbocycles. The Morgan fingerprint density at radius 3 is 2.37 bits per heavy atom. The molecule has 0 spiro atoms. The number of nitrogens with one attached hydrogen (secondary N) is 1. The van der Waals surface area contributed by atoms with E-state index in [1.165, 1.54) is 37.8 Å². The summed E-state index contributed by atoms with van der Waals surface area (Å²) in [4.78, 5) is 0. The number of hydrogen-bond acceptors (Lipinski definition) is 1. The molecule has 1 nitrogen and oxygen atoms in total. The van der Waals surface area contributed by atoms with E-state index < -0.39 is 11.6 Å². The minimum absolute atomic E-state index is 0.351. The lowest BCUT2D eigenvalue weighted by molar-refractivity contribution is 0.356. The quantitative estimate of drug-likeness (QED) is 0.819. The number of benzene rings is 1. The Kier molecular flexibility index (Phi) is 5.32. The van der Waals surface area contributed by atoms with Gasteiger partial charge in [0.25, 0.3) is 0 Å². The fourth-order valence-electron chi connectivity index (χ4n) is 3.08. The largest absolute Gasteiger partial charge is 0.313 e. The van der Waals surface area contributed by atoms with E-state index in [4.69, 9.17) is 0 Å². The van der Waals surface area contributed by atoms with Gasteiger partial charge in [0.1, 0.15) is 11.6 Å². The highest BCUT2D eigenvalue weighted by atomic mass is 19.1. The third-order valence-corrected chi connectivity index (χ3v) is 4.00. The van der Waals surface area contributed by atoms with Crippen LogP contribution in [0.1, 0.15) is 44.6 Å². The Morgan fingerprint density at radius 1 is 1.16 bits per heavy atom. The van der Waals surface area contributed by atoms with Crippen molar-refractivity contribution in [2.75, 3.05) is 6.54 Å². The molecule has 1 aliphatic carbocycles. The van der Waals surface area contributed by atoms with Gasteiger partial charge >= 0.3 is 0 Å². The molecule has 0 aromatic heterocycles. The van der Waals surface area contributed by atoms with Crippen LogP contribution in [0.15, 0.2) is 18.2 Å².